The molecule has 7 heteroatoms. The number of halogens is 1. The Morgan fingerprint density at radius 1 is 1.40 bits per heavy atom. The van der Waals surface area contributed by atoms with E-state index in [4.69, 9.17) is 11.6 Å². The predicted molar refractivity (Wildman–Crippen MR) is 77.7 cm³/mol. The molecule has 0 aliphatic rings. The van der Waals surface area contributed by atoms with Gasteiger partial charge in [0, 0.05) is 38.2 Å². The highest BCUT2D eigenvalue weighted by Gasteiger charge is 2.09. The zero-order valence-electron chi connectivity index (χ0n) is 11.3. The Kier molecular flexibility index (Phi) is 6.97. The highest BCUT2D eigenvalue weighted by Crippen LogP contribution is 2.22. The Bertz CT molecular complexity index is 480. The van der Waals surface area contributed by atoms with Crippen molar-refractivity contribution in [2.75, 3.05) is 13.1 Å². The molecule has 0 saturated heterocycles. The summed E-state index contributed by atoms with van der Waals surface area (Å²) in [5.41, 5.74) is 0.740. The van der Waals surface area contributed by atoms with Crippen LogP contribution in [0.15, 0.2) is 18.2 Å². The van der Waals surface area contributed by atoms with Crippen LogP contribution in [0.3, 0.4) is 0 Å². The molecule has 1 amide bonds. The van der Waals surface area contributed by atoms with E-state index in [-0.39, 0.29) is 11.6 Å². The monoisotopic (exact) mass is 299 g/mol. The molecule has 0 spiro atoms. The molecule has 0 aliphatic heterocycles. The van der Waals surface area contributed by atoms with Gasteiger partial charge in [-0.2, -0.15) is 0 Å². The second kappa shape index (κ2) is 8.50. The van der Waals surface area contributed by atoms with Gasteiger partial charge in [-0.15, -0.1) is 0 Å². The molecule has 110 valence electrons. The minimum Gasteiger partial charge on any atom is -0.356 e. The Morgan fingerprint density at radius 2 is 2.15 bits per heavy atom. The largest absolute Gasteiger partial charge is 0.356 e. The molecule has 0 saturated carbocycles. The second-order valence-corrected chi connectivity index (χ2v) is 4.72. The molecular formula is C13H18ClN3O3. The lowest BCUT2D eigenvalue weighted by molar-refractivity contribution is -0.384. The fraction of sp³-hybridized carbons (Fsp3) is 0.462. The molecule has 1 aromatic carbocycles. The Labute approximate surface area is 122 Å². The van der Waals surface area contributed by atoms with E-state index in [2.05, 4.69) is 10.6 Å². The highest BCUT2D eigenvalue weighted by atomic mass is 35.5. The fourth-order valence-corrected chi connectivity index (χ4v) is 1.81. The van der Waals surface area contributed by atoms with Gasteiger partial charge in [0.15, 0.2) is 0 Å². The molecule has 0 heterocycles. The summed E-state index contributed by atoms with van der Waals surface area (Å²) >= 11 is 5.96. The first kappa shape index (κ1) is 16.4. The Hall–Kier alpha value is -1.66. The van der Waals surface area contributed by atoms with E-state index in [9.17, 15) is 14.9 Å². The summed E-state index contributed by atoms with van der Waals surface area (Å²) in [6.07, 6.45) is 1.31. The SMILES string of the molecule is CCCNC(=O)CCNCc1ccc([N+](=O)[O-])cc1Cl. The van der Waals surface area contributed by atoms with Gasteiger partial charge in [0.05, 0.1) is 9.95 Å². The minimum atomic E-state index is -0.485. The maximum absolute atomic E-state index is 11.3. The van der Waals surface area contributed by atoms with Crippen molar-refractivity contribution in [3.63, 3.8) is 0 Å². The number of rotatable bonds is 8. The molecule has 0 atom stereocenters. The topological polar surface area (TPSA) is 84.3 Å². The van der Waals surface area contributed by atoms with Gasteiger partial charge in [0.2, 0.25) is 5.91 Å². The van der Waals surface area contributed by atoms with Gasteiger partial charge < -0.3 is 10.6 Å². The molecule has 0 aliphatic carbocycles. The Balaban J connectivity index is 2.35. The highest BCUT2D eigenvalue weighted by molar-refractivity contribution is 6.31. The molecule has 1 rings (SSSR count). The number of carbonyl (C=O) groups is 1. The molecule has 6 nitrogen and oxygen atoms in total. The summed E-state index contributed by atoms with van der Waals surface area (Å²) in [6.45, 7) is 3.68. The van der Waals surface area contributed by atoms with Crippen molar-refractivity contribution in [2.24, 2.45) is 0 Å². The maximum atomic E-state index is 11.3. The lowest BCUT2D eigenvalue weighted by Gasteiger charge is -2.07. The fourth-order valence-electron chi connectivity index (χ4n) is 1.57. The van der Waals surface area contributed by atoms with Gasteiger partial charge in [-0.1, -0.05) is 18.5 Å². The smallest absolute Gasteiger partial charge is 0.270 e. The summed E-state index contributed by atoms with van der Waals surface area (Å²) in [5.74, 6) is 0.00847. The van der Waals surface area contributed by atoms with Crippen molar-refractivity contribution >= 4 is 23.2 Å². The van der Waals surface area contributed by atoms with E-state index in [1.165, 1.54) is 12.1 Å². The second-order valence-electron chi connectivity index (χ2n) is 4.31. The third-order valence-electron chi connectivity index (χ3n) is 2.66. The van der Waals surface area contributed by atoms with Gasteiger partial charge in [0.1, 0.15) is 0 Å². The van der Waals surface area contributed by atoms with Crippen molar-refractivity contribution in [2.45, 2.75) is 26.3 Å². The first-order valence-corrected chi connectivity index (χ1v) is 6.82. The van der Waals surface area contributed by atoms with Gasteiger partial charge in [-0.3, -0.25) is 14.9 Å². The average Bonchev–Trinajstić information content (AvgIpc) is 2.42. The van der Waals surface area contributed by atoms with Crippen LogP contribution in [0.2, 0.25) is 5.02 Å². The van der Waals surface area contributed by atoms with Crippen molar-refractivity contribution < 1.29 is 9.72 Å². The first-order chi connectivity index (χ1) is 9.54. The number of hydrogen-bond acceptors (Lipinski definition) is 4. The molecule has 0 bridgehead atoms. The van der Waals surface area contributed by atoms with Crippen LogP contribution in [-0.4, -0.2) is 23.9 Å². The number of nitrogens with one attached hydrogen (secondary N) is 2. The number of nitrogens with zero attached hydrogens (tertiary/aromatic N) is 1. The number of hydrogen-bond donors (Lipinski definition) is 2. The number of amides is 1. The lowest BCUT2D eigenvalue weighted by atomic mass is 10.2. The maximum Gasteiger partial charge on any atom is 0.270 e. The molecule has 0 unspecified atom stereocenters. The predicted octanol–water partition coefficient (Wildman–Crippen LogP) is 2.25. The van der Waals surface area contributed by atoms with Crippen LogP contribution < -0.4 is 10.6 Å². The lowest BCUT2D eigenvalue weighted by Crippen LogP contribution is -2.28. The van der Waals surface area contributed by atoms with Gasteiger partial charge in [-0.25, -0.2) is 0 Å². The van der Waals surface area contributed by atoms with Crippen LogP contribution in [0.1, 0.15) is 25.3 Å². The molecule has 20 heavy (non-hydrogen) atoms. The molecule has 0 fully saturated rings. The quantitative estimate of drug-likeness (QED) is 0.438. The average molecular weight is 300 g/mol. The van der Waals surface area contributed by atoms with E-state index < -0.39 is 4.92 Å². The van der Waals surface area contributed by atoms with Crippen LogP contribution in [0.25, 0.3) is 0 Å². The first-order valence-electron chi connectivity index (χ1n) is 6.44. The van der Waals surface area contributed by atoms with Crippen LogP contribution >= 0.6 is 11.6 Å². The number of nitro benzene ring substituents is 1. The third kappa shape index (κ3) is 5.54. The minimum absolute atomic E-state index is 0.00847. The number of benzene rings is 1. The molecule has 0 radical (unpaired) electrons. The van der Waals surface area contributed by atoms with Crippen molar-refractivity contribution in [3.05, 3.63) is 38.9 Å². The summed E-state index contributed by atoms with van der Waals surface area (Å²) in [5, 5.41) is 16.8. The van der Waals surface area contributed by atoms with E-state index in [0.717, 1.165) is 12.0 Å². The molecule has 0 aromatic heterocycles. The number of nitro groups is 1. The summed E-state index contributed by atoms with van der Waals surface area (Å²) in [6, 6.07) is 4.36. The van der Waals surface area contributed by atoms with E-state index in [1.54, 1.807) is 6.07 Å². The van der Waals surface area contributed by atoms with Crippen LogP contribution in [-0.2, 0) is 11.3 Å². The van der Waals surface area contributed by atoms with Crippen molar-refractivity contribution in [1.29, 1.82) is 0 Å². The third-order valence-corrected chi connectivity index (χ3v) is 3.02. The van der Waals surface area contributed by atoms with E-state index in [1.807, 2.05) is 6.92 Å². The van der Waals surface area contributed by atoms with Crippen molar-refractivity contribution in [1.82, 2.24) is 10.6 Å². The Morgan fingerprint density at radius 3 is 2.75 bits per heavy atom. The van der Waals surface area contributed by atoms with Crippen LogP contribution in [0.4, 0.5) is 5.69 Å². The van der Waals surface area contributed by atoms with Crippen LogP contribution in [0.5, 0.6) is 0 Å². The van der Waals surface area contributed by atoms with E-state index in [0.29, 0.717) is 31.1 Å². The summed E-state index contributed by atoms with van der Waals surface area (Å²) in [7, 11) is 0. The summed E-state index contributed by atoms with van der Waals surface area (Å²) in [4.78, 5) is 21.4. The molecular weight excluding hydrogens is 282 g/mol. The number of carbonyl (C=O) groups excluding carboxylic acids is 1. The zero-order valence-corrected chi connectivity index (χ0v) is 12.1. The number of non-ortho nitro benzene ring substituents is 1. The molecule has 1 aromatic rings. The standard InChI is InChI=1S/C13H18ClN3O3/c1-2-6-16-13(18)5-7-15-9-10-3-4-11(17(19)20)8-12(10)14/h3-4,8,15H,2,5-7,9H2,1H3,(H,16,18). The van der Waals surface area contributed by atoms with Gasteiger partial charge in [0.25, 0.3) is 5.69 Å². The zero-order chi connectivity index (χ0) is 15.0. The molecule has 2 N–H and O–H groups in total. The van der Waals surface area contributed by atoms with Crippen LogP contribution in [0, 0.1) is 10.1 Å². The summed E-state index contributed by atoms with van der Waals surface area (Å²) < 4.78 is 0. The van der Waals surface area contributed by atoms with E-state index >= 15 is 0 Å². The van der Waals surface area contributed by atoms with Crippen molar-refractivity contribution in [3.8, 4) is 0 Å². The normalized spacial score (nSPS) is 10.3. The van der Waals surface area contributed by atoms with Gasteiger partial charge >= 0.3 is 0 Å². The van der Waals surface area contributed by atoms with Gasteiger partial charge in [-0.05, 0) is 18.1 Å².